The molecular formula is C12H7BrF4N2. The molecule has 0 saturated heterocycles. The Morgan fingerprint density at radius 2 is 1.53 bits per heavy atom. The van der Waals surface area contributed by atoms with E-state index in [-0.39, 0.29) is 17.4 Å². The maximum absolute atomic E-state index is 13.5. The Labute approximate surface area is 114 Å². The normalized spacial score (nSPS) is 10.6. The molecule has 0 spiro atoms. The molecule has 3 N–H and O–H groups in total. The molecule has 0 aromatic heterocycles. The summed E-state index contributed by atoms with van der Waals surface area (Å²) < 4.78 is 53.6. The number of halogens is 5. The highest BCUT2D eigenvalue weighted by atomic mass is 79.9. The molecule has 0 fully saturated rings. The van der Waals surface area contributed by atoms with Gasteiger partial charge in [0.1, 0.15) is 5.69 Å². The summed E-state index contributed by atoms with van der Waals surface area (Å²) in [6, 6.07) is 4.65. The van der Waals surface area contributed by atoms with Crippen molar-refractivity contribution in [3.8, 4) is 0 Å². The summed E-state index contributed by atoms with van der Waals surface area (Å²) in [4.78, 5) is 0. The van der Waals surface area contributed by atoms with E-state index in [0.717, 1.165) is 0 Å². The average Bonchev–Trinajstić information content (AvgIpc) is 2.36. The molecule has 0 heterocycles. The van der Waals surface area contributed by atoms with Crippen LogP contribution in [0.4, 0.5) is 34.6 Å². The second kappa shape index (κ2) is 5.08. The van der Waals surface area contributed by atoms with Crippen LogP contribution in [0, 0.1) is 23.3 Å². The van der Waals surface area contributed by atoms with Crippen molar-refractivity contribution >= 4 is 33.0 Å². The SMILES string of the molecule is Nc1ccc(Br)cc1Nc1c(F)c(F)cc(F)c1F. The molecular weight excluding hydrogens is 328 g/mol. The van der Waals surface area contributed by atoms with Crippen LogP contribution >= 0.6 is 15.9 Å². The minimum absolute atomic E-state index is 0.122. The smallest absolute Gasteiger partial charge is 0.185 e. The van der Waals surface area contributed by atoms with Crippen LogP contribution in [0.5, 0.6) is 0 Å². The molecule has 2 nitrogen and oxygen atoms in total. The fourth-order valence-corrected chi connectivity index (χ4v) is 1.82. The van der Waals surface area contributed by atoms with Gasteiger partial charge in [-0.05, 0) is 18.2 Å². The van der Waals surface area contributed by atoms with E-state index < -0.39 is 29.0 Å². The van der Waals surface area contributed by atoms with Gasteiger partial charge in [-0.25, -0.2) is 17.6 Å². The van der Waals surface area contributed by atoms with Gasteiger partial charge in [0.2, 0.25) is 0 Å². The van der Waals surface area contributed by atoms with Crippen molar-refractivity contribution < 1.29 is 17.6 Å². The Morgan fingerprint density at radius 3 is 2.11 bits per heavy atom. The number of anilines is 3. The van der Waals surface area contributed by atoms with Crippen molar-refractivity contribution in [2.75, 3.05) is 11.1 Å². The van der Waals surface area contributed by atoms with Crippen LogP contribution in [0.1, 0.15) is 0 Å². The third-order valence-electron chi connectivity index (χ3n) is 2.39. The largest absolute Gasteiger partial charge is 0.397 e. The average molecular weight is 335 g/mol. The van der Waals surface area contributed by atoms with E-state index in [0.29, 0.717) is 4.47 Å². The molecule has 0 aliphatic heterocycles. The fraction of sp³-hybridized carbons (Fsp3) is 0. The third-order valence-corrected chi connectivity index (χ3v) is 2.88. The second-order valence-corrected chi connectivity index (χ2v) is 4.62. The van der Waals surface area contributed by atoms with E-state index in [1.807, 2.05) is 0 Å². The van der Waals surface area contributed by atoms with Crippen LogP contribution in [0.2, 0.25) is 0 Å². The van der Waals surface area contributed by atoms with Gasteiger partial charge in [0.05, 0.1) is 11.4 Å². The van der Waals surface area contributed by atoms with E-state index in [2.05, 4.69) is 21.2 Å². The minimum Gasteiger partial charge on any atom is -0.397 e. The van der Waals surface area contributed by atoms with E-state index >= 15 is 0 Å². The second-order valence-electron chi connectivity index (χ2n) is 3.70. The summed E-state index contributed by atoms with van der Waals surface area (Å²) in [6.45, 7) is 0. The first-order chi connectivity index (χ1) is 8.90. The van der Waals surface area contributed by atoms with Gasteiger partial charge in [-0.3, -0.25) is 0 Å². The molecule has 2 rings (SSSR count). The molecule has 0 amide bonds. The van der Waals surface area contributed by atoms with Gasteiger partial charge in [-0.15, -0.1) is 0 Å². The lowest BCUT2D eigenvalue weighted by atomic mass is 10.2. The van der Waals surface area contributed by atoms with Gasteiger partial charge in [0.15, 0.2) is 23.3 Å². The number of hydrogen-bond acceptors (Lipinski definition) is 2. The number of nitrogens with one attached hydrogen (secondary N) is 1. The van der Waals surface area contributed by atoms with E-state index in [4.69, 9.17) is 5.73 Å². The number of rotatable bonds is 2. The summed E-state index contributed by atoms with van der Waals surface area (Å²) in [5.41, 5.74) is 4.96. The Balaban J connectivity index is 2.52. The first-order valence-corrected chi connectivity index (χ1v) is 5.84. The van der Waals surface area contributed by atoms with Crippen LogP contribution in [0.15, 0.2) is 28.7 Å². The van der Waals surface area contributed by atoms with Crippen LogP contribution in [-0.4, -0.2) is 0 Å². The van der Waals surface area contributed by atoms with Crippen molar-refractivity contribution in [3.63, 3.8) is 0 Å². The Hall–Kier alpha value is -1.76. The van der Waals surface area contributed by atoms with Gasteiger partial charge in [-0.2, -0.15) is 0 Å². The van der Waals surface area contributed by atoms with Gasteiger partial charge < -0.3 is 11.1 Å². The van der Waals surface area contributed by atoms with Crippen molar-refractivity contribution in [1.82, 2.24) is 0 Å². The molecule has 0 aliphatic rings. The van der Waals surface area contributed by atoms with E-state index in [1.54, 1.807) is 6.07 Å². The molecule has 2 aromatic rings. The first kappa shape index (κ1) is 13.7. The molecule has 2 aromatic carbocycles. The summed E-state index contributed by atoms with van der Waals surface area (Å²) in [6.07, 6.45) is 0. The lowest BCUT2D eigenvalue weighted by molar-refractivity contribution is 0.459. The molecule has 7 heteroatoms. The molecule has 0 aliphatic carbocycles. The fourth-order valence-electron chi connectivity index (χ4n) is 1.45. The number of hydrogen-bond donors (Lipinski definition) is 2. The van der Waals surface area contributed by atoms with Crippen molar-refractivity contribution in [2.24, 2.45) is 0 Å². The molecule has 0 bridgehead atoms. The predicted octanol–water partition coefficient (Wildman–Crippen LogP) is 4.33. The zero-order chi connectivity index (χ0) is 14.2. The molecule has 0 saturated carbocycles. The highest BCUT2D eigenvalue weighted by Crippen LogP contribution is 2.31. The Morgan fingerprint density at radius 1 is 0.947 bits per heavy atom. The molecule has 19 heavy (non-hydrogen) atoms. The monoisotopic (exact) mass is 334 g/mol. The highest BCUT2D eigenvalue weighted by Gasteiger charge is 2.19. The van der Waals surface area contributed by atoms with Crippen LogP contribution in [0.25, 0.3) is 0 Å². The standard InChI is InChI=1S/C12H7BrF4N2/c13-5-1-2-8(18)9(3-5)19-12-10(16)6(14)4-7(15)11(12)17/h1-4,19H,18H2. The molecule has 100 valence electrons. The maximum Gasteiger partial charge on any atom is 0.185 e. The lowest BCUT2D eigenvalue weighted by Gasteiger charge is -2.12. The highest BCUT2D eigenvalue weighted by molar-refractivity contribution is 9.10. The lowest BCUT2D eigenvalue weighted by Crippen LogP contribution is -2.04. The Kier molecular flexibility index (Phi) is 3.66. The Bertz CT molecular complexity index is 620. The van der Waals surface area contributed by atoms with Crippen molar-refractivity contribution in [2.45, 2.75) is 0 Å². The quantitative estimate of drug-likeness (QED) is 0.487. The first-order valence-electron chi connectivity index (χ1n) is 5.05. The number of benzene rings is 2. The van der Waals surface area contributed by atoms with E-state index in [9.17, 15) is 17.6 Å². The van der Waals surface area contributed by atoms with Crippen LogP contribution in [0.3, 0.4) is 0 Å². The predicted molar refractivity (Wildman–Crippen MR) is 68.1 cm³/mol. The van der Waals surface area contributed by atoms with Gasteiger partial charge in [-0.1, -0.05) is 15.9 Å². The van der Waals surface area contributed by atoms with Gasteiger partial charge >= 0.3 is 0 Å². The van der Waals surface area contributed by atoms with E-state index in [1.165, 1.54) is 12.1 Å². The van der Waals surface area contributed by atoms with Crippen LogP contribution in [-0.2, 0) is 0 Å². The van der Waals surface area contributed by atoms with Gasteiger partial charge in [0, 0.05) is 10.5 Å². The summed E-state index contributed by atoms with van der Waals surface area (Å²) in [7, 11) is 0. The van der Waals surface area contributed by atoms with Crippen molar-refractivity contribution in [1.29, 1.82) is 0 Å². The summed E-state index contributed by atoms with van der Waals surface area (Å²) in [5, 5.41) is 2.25. The molecule has 0 atom stereocenters. The topological polar surface area (TPSA) is 38.0 Å². The zero-order valence-corrected chi connectivity index (χ0v) is 10.9. The molecule has 0 unspecified atom stereocenters. The summed E-state index contributed by atoms with van der Waals surface area (Å²) in [5.74, 6) is -6.01. The van der Waals surface area contributed by atoms with Crippen molar-refractivity contribution in [3.05, 3.63) is 52.0 Å². The van der Waals surface area contributed by atoms with Gasteiger partial charge in [0.25, 0.3) is 0 Å². The van der Waals surface area contributed by atoms with Crippen LogP contribution < -0.4 is 11.1 Å². The maximum atomic E-state index is 13.5. The molecule has 0 radical (unpaired) electrons. The number of nitrogens with two attached hydrogens (primary N) is 1. The third kappa shape index (κ3) is 2.65. The zero-order valence-electron chi connectivity index (χ0n) is 9.28. The minimum atomic E-state index is -1.52. The summed E-state index contributed by atoms with van der Waals surface area (Å²) >= 11 is 3.14. The number of nitrogen functional groups attached to an aromatic ring is 1.